The molecule has 0 N–H and O–H groups in total. The van der Waals surface area contributed by atoms with Gasteiger partial charge < -0.3 is 9.80 Å². The van der Waals surface area contributed by atoms with Crippen molar-refractivity contribution in [1.29, 1.82) is 0 Å². The van der Waals surface area contributed by atoms with Crippen molar-refractivity contribution in [2.24, 2.45) is 0 Å². The Labute approximate surface area is 442 Å². The predicted molar refractivity (Wildman–Crippen MR) is 303 cm³/mol. The molecule has 0 saturated heterocycles. The fourth-order valence-electron chi connectivity index (χ4n) is 13.0. The molecule has 3 aliphatic rings. The average Bonchev–Trinajstić information content (AvgIpc) is 4.16. The number of benzene rings is 10. The van der Waals surface area contributed by atoms with Crippen LogP contribution in [-0.4, -0.2) is 6.67 Å². The Kier molecular flexibility index (Phi) is 11.1. The third-order valence-corrected chi connectivity index (χ3v) is 16.5. The number of hydrogen-bond donors (Lipinski definition) is 0. The minimum atomic E-state index is -4.47. The van der Waals surface area contributed by atoms with Gasteiger partial charge in [-0.25, -0.2) is 0 Å². The summed E-state index contributed by atoms with van der Waals surface area (Å²) in [6.45, 7) is 8.46. The molecule has 0 amide bonds. The Morgan fingerprint density at radius 3 is 1.50 bits per heavy atom. The smallest absolute Gasteiger partial charge is 0.310 e. The highest BCUT2D eigenvalue weighted by molar-refractivity contribution is 5.95. The monoisotopic (exact) mass is 998 g/mol. The zero-order chi connectivity index (χ0) is 52.1. The molecule has 13 rings (SSSR count). The molecule has 0 fully saturated rings. The molecule has 0 radical (unpaired) electrons. The number of fused-ring (bicyclic) bond motifs is 12. The Hall–Kier alpha value is -8.48. The standard InChI is InChI=1S/C70H54F4N2/c1-44-25-29-50(30-26-44)75(52-17-10-15-48(40-52)47-14-9-16-49(39-47)70(72,73)74)53-33-35-57-58-36-34-54(42-66(58)69(65(57)41-53)63-22-7-5-20-61(63)68(3,4)62-21-6-8-23-64(62)69)76(51-31-27-45(2)28-32-51)67-24-12-19-56-55-18-11-13-46(37-38-71)59(55)43-60(56)67/h5-36,39-42H,37-38,43H2,1-4H3. The van der Waals surface area contributed by atoms with Crippen LogP contribution in [0, 0.1) is 13.8 Å². The fourth-order valence-corrected chi connectivity index (χ4v) is 13.0. The van der Waals surface area contributed by atoms with E-state index in [1.165, 1.54) is 67.8 Å². The van der Waals surface area contributed by atoms with E-state index in [9.17, 15) is 17.6 Å². The van der Waals surface area contributed by atoms with Crippen molar-refractivity contribution in [2.45, 2.75) is 57.5 Å². The van der Waals surface area contributed by atoms with E-state index >= 15 is 0 Å². The van der Waals surface area contributed by atoms with Crippen LogP contribution in [-0.2, 0) is 29.8 Å². The molecule has 2 nitrogen and oxygen atoms in total. The van der Waals surface area contributed by atoms with Gasteiger partial charge in [-0.05, 0) is 176 Å². The quantitative estimate of drug-likeness (QED) is 0.133. The molecule has 0 unspecified atom stereocenters. The van der Waals surface area contributed by atoms with Crippen LogP contribution in [0.5, 0.6) is 0 Å². The van der Waals surface area contributed by atoms with E-state index in [4.69, 9.17) is 0 Å². The summed E-state index contributed by atoms with van der Waals surface area (Å²) < 4.78 is 56.3. The summed E-state index contributed by atoms with van der Waals surface area (Å²) in [5.74, 6) is 0. The van der Waals surface area contributed by atoms with E-state index in [1.807, 2.05) is 24.3 Å². The van der Waals surface area contributed by atoms with Crippen LogP contribution in [0.25, 0.3) is 33.4 Å². The van der Waals surface area contributed by atoms with Crippen LogP contribution in [0.15, 0.2) is 218 Å². The number of rotatable bonds is 9. The molecule has 1 spiro atoms. The third kappa shape index (κ3) is 7.36. The number of nitrogens with zero attached hydrogens (tertiary/aromatic N) is 2. The average molecular weight is 999 g/mol. The molecule has 0 aromatic heterocycles. The van der Waals surface area contributed by atoms with Crippen molar-refractivity contribution in [2.75, 3.05) is 16.5 Å². The normalized spacial score (nSPS) is 14.1. The molecule has 76 heavy (non-hydrogen) atoms. The van der Waals surface area contributed by atoms with Gasteiger partial charge in [-0.15, -0.1) is 0 Å². The summed E-state index contributed by atoms with van der Waals surface area (Å²) in [5.41, 5.74) is 22.9. The number of alkyl halides is 4. The zero-order valence-corrected chi connectivity index (χ0v) is 42.8. The molecule has 3 aliphatic carbocycles. The van der Waals surface area contributed by atoms with Crippen LogP contribution in [0.1, 0.15) is 80.6 Å². The van der Waals surface area contributed by atoms with Crippen molar-refractivity contribution < 1.29 is 17.6 Å². The summed E-state index contributed by atoms with van der Waals surface area (Å²) in [7, 11) is 0. The first-order valence-electron chi connectivity index (χ1n) is 26.1. The largest absolute Gasteiger partial charge is 0.416 e. The van der Waals surface area contributed by atoms with Crippen LogP contribution >= 0.6 is 0 Å². The minimum absolute atomic E-state index is 0.330. The number of hydrogen-bond acceptors (Lipinski definition) is 2. The van der Waals surface area contributed by atoms with Gasteiger partial charge >= 0.3 is 6.18 Å². The van der Waals surface area contributed by atoms with Crippen molar-refractivity contribution in [3.63, 3.8) is 0 Å². The third-order valence-electron chi connectivity index (χ3n) is 16.5. The highest BCUT2D eigenvalue weighted by atomic mass is 19.4. The molecule has 0 aliphatic heterocycles. The second kappa shape index (κ2) is 17.8. The zero-order valence-electron chi connectivity index (χ0n) is 42.8. The summed E-state index contributed by atoms with van der Waals surface area (Å²) in [4.78, 5) is 4.65. The maximum absolute atomic E-state index is 14.1. The Morgan fingerprint density at radius 1 is 0.421 bits per heavy atom. The van der Waals surface area contributed by atoms with Crippen LogP contribution in [0.4, 0.5) is 51.7 Å². The summed E-state index contributed by atoms with van der Waals surface area (Å²) >= 11 is 0. The molecule has 10 aromatic carbocycles. The molecule has 10 aromatic rings. The molecule has 372 valence electrons. The van der Waals surface area contributed by atoms with Gasteiger partial charge in [0.2, 0.25) is 0 Å². The van der Waals surface area contributed by atoms with Crippen LogP contribution < -0.4 is 9.80 Å². The van der Waals surface area contributed by atoms with E-state index in [0.29, 0.717) is 24.0 Å². The van der Waals surface area contributed by atoms with Crippen molar-refractivity contribution in [3.05, 3.63) is 285 Å². The fraction of sp³-hybridized carbons (Fsp3) is 0.143. The first-order chi connectivity index (χ1) is 36.8. The lowest BCUT2D eigenvalue weighted by molar-refractivity contribution is -0.137. The molecular formula is C70H54F4N2. The lowest BCUT2D eigenvalue weighted by Crippen LogP contribution is -2.40. The van der Waals surface area contributed by atoms with Gasteiger partial charge in [0.1, 0.15) is 0 Å². The lowest BCUT2D eigenvalue weighted by atomic mass is 9.55. The Morgan fingerprint density at radius 2 is 0.908 bits per heavy atom. The minimum Gasteiger partial charge on any atom is -0.310 e. The highest BCUT2D eigenvalue weighted by Crippen LogP contribution is 2.64. The van der Waals surface area contributed by atoms with Gasteiger partial charge in [0.25, 0.3) is 0 Å². The molecule has 0 bridgehead atoms. The van der Waals surface area contributed by atoms with Crippen molar-refractivity contribution >= 4 is 34.1 Å². The molecular weight excluding hydrogens is 945 g/mol. The Balaban J connectivity index is 1.05. The summed E-state index contributed by atoms with van der Waals surface area (Å²) in [6, 6.07) is 75.3. The number of aryl methyl sites for hydroxylation is 3. The first-order valence-corrected chi connectivity index (χ1v) is 26.1. The van der Waals surface area contributed by atoms with E-state index in [2.05, 4.69) is 207 Å². The second-order valence-electron chi connectivity index (χ2n) is 21.3. The van der Waals surface area contributed by atoms with Crippen molar-refractivity contribution in [1.82, 2.24) is 0 Å². The molecule has 0 heterocycles. The second-order valence-corrected chi connectivity index (χ2v) is 21.3. The predicted octanol–water partition coefficient (Wildman–Crippen LogP) is 19.0. The maximum atomic E-state index is 14.1. The molecule has 0 saturated carbocycles. The first kappa shape index (κ1) is 47.2. The SMILES string of the molecule is Cc1ccc(N(c2cccc(-c3cccc(C(F)(F)F)c3)c2)c2ccc3c(c2)C2(c4cc(N(c5ccc(C)cc5)c5cccc6c5Cc5c(CCF)cccc5-6)ccc4-3)c3ccccc3C(C)(C)c3ccccc32)cc1. The van der Waals surface area contributed by atoms with Gasteiger partial charge in [0, 0.05) is 46.7 Å². The lowest BCUT2D eigenvalue weighted by Gasteiger charge is -2.47. The van der Waals surface area contributed by atoms with Gasteiger partial charge in [0.15, 0.2) is 0 Å². The number of halogens is 4. The topological polar surface area (TPSA) is 6.48 Å². The van der Waals surface area contributed by atoms with Crippen LogP contribution in [0.2, 0.25) is 0 Å². The van der Waals surface area contributed by atoms with Gasteiger partial charge in [0.05, 0.1) is 23.3 Å². The van der Waals surface area contributed by atoms with Crippen LogP contribution in [0.3, 0.4) is 0 Å². The summed E-state index contributed by atoms with van der Waals surface area (Å²) in [6.07, 6.45) is -3.38. The van der Waals surface area contributed by atoms with Gasteiger partial charge in [-0.1, -0.05) is 165 Å². The van der Waals surface area contributed by atoms with E-state index in [0.717, 1.165) is 68.0 Å². The maximum Gasteiger partial charge on any atom is 0.416 e. The number of anilines is 6. The van der Waals surface area contributed by atoms with Gasteiger partial charge in [-0.3, -0.25) is 4.39 Å². The van der Waals surface area contributed by atoms with Gasteiger partial charge in [-0.2, -0.15) is 13.2 Å². The van der Waals surface area contributed by atoms with Crippen molar-refractivity contribution in [3.8, 4) is 33.4 Å². The Bertz CT molecular complexity index is 3870. The molecule has 0 atom stereocenters. The van der Waals surface area contributed by atoms with E-state index < -0.39 is 23.8 Å². The molecule has 6 heteroatoms. The van der Waals surface area contributed by atoms with E-state index in [1.54, 1.807) is 6.07 Å². The van der Waals surface area contributed by atoms with E-state index in [-0.39, 0.29) is 5.41 Å². The summed E-state index contributed by atoms with van der Waals surface area (Å²) in [5, 5.41) is 0. The highest BCUT2D eigenvalue weighted by Gasteiger charge is 2.54.